The molecule has 0 spiro atoms. The molecular formula is C15H24N2O3. The van der Waals surface area contributed by atoms with Crippen molar-refractivity contribution in [3.8, 4) is 0 Å². The fraction of sp³-hybridized carbons (Fsp3) is 0.800. The fourth-order valence-corrected chi connectivity index (χ4v) is 2.90. The molecule has 0 aromatic carbocycles. The van der Waals surface area contributed by atoms with Crippen LogP contribution in [-0.4, -0.2) is 21.2 Å². The number of carbonyl (C=O) groups is 1. The molecule has 0 aliphatic heterocycles. The van der Waals surface area contributed by atoms with Crippen LogP contribution in [0.1, 0.15) is 75.9 Å². The molecule has 0 bridgehead atoms. The van der Waals surface area contributed by atoms with Crippen molar-refractivity contribution in [2.24, 2.45) is 5.92 Å². The molecule has 1 fully saturated rings. The molecule has 1 aromatic heterocycles. The first-order valence-corrected chi connectivity index (χ1v) is 7.69. The van der Waals surface area contributed by atoms with Gasteiger partial charge in [-0.1, -0.05) is 44.2 Å². The average Bonchev–Trinajstić information content (AvgIpc) is 2.75. The highest BCUT2D eigenvalue weighted by atomic mass is 16.5. The first kappa shape index (κ1) is 15.0. The molecular weight excluding hydrogens is 256 g/mol. The third-order valence-electron chi connectivity index (χ3n) is 4.00. The maximum atomic E-state index is 10.7. The molecule has 1 aliphatic carbocycles. The summed E-state index contributed by atoms with van der Waals surface area (Å²) in [5.41, 5.74) is 0. The monoisotopic (exact) mass is 280 g/mol. The zero-order chi connectivity index (χ0) is 14.4. The van der Waals surface area contributed by atoms with E-state index in [9.17, 15) is 4.79 Å². The lowest BCUT2D eigenvalue weighted by Gasteiger charge is -2.15. The summed E-state index contributed by atoms with van der Waals surface area (Å²) in [7, 11) is 0. The van der Waals surface area contributed by atoms with E-state index in [2.05, 4.69) is 10.1 Å². The third kappa shape index (κ3) is 4.62. The molecule has 112 valence electrons. The molecule has 1 aliphatic rings. The van der Waals surface area contributed by atoms with Gasteiger partial charge in [-0.3, -0.25) is 4.79 Å². The molecule has 0 saturated heterocycles. The second-order valence-corrected chi connectivity index (χ2v) is 6.00. The van der Waals surface area contributed by atoms with Gasteiger partial charge in [-0.2, -0.15) is 4.98 Å². The Morgan fingerprint density at radius 2 is 1.95 bits per heavy atom. The molecule has 2 rings (SSSR count). The summed E-state index contributed by atoms with van der Waals surface area (Å²) in [5, 5.41) is 12.9. The Morgan fingerprint density at radius 1 is 1.30 bits per heavy atom. The highest BCUT2D eigenvalue weighted by molar-refractivity contribution is 5.66. The van der Waals surface area contributed by atoms with Gasteiger partial charge in [0.15, 0.2) is 5.82 Å². The largest absolute Gasteiger partial charge is 0.481 e. The van der Waals surface area contributed by atoms with Crippen LogP contribution in [0, 0.1) is 5.92 Å². The van der Waals surface area contributed by atoms with Crippen LogP contribution in [0.15, 0.2) is 4.52 Å². The molecule has 1 aromatic rings. The van der Waals surface area contributed by atoms with Crippen LogP contribution in [0.4, 0.5) is 0 Å². The van der Waals surface area contributed by atoms with E-state index in [0.29, 0.717) is 18.2 Å². The quantitative estimate of drug-likeness (QED) is 0.892. The SMILES string of the molecule is CC(CC(=O)O)Cc1nc(C2CCCCCCC2)no1. The van der Waals surface area contributed by atoms with Crippen molar-refractivity contribution < 1.29 is 14.4 Å². The van der Waals surface area contributed by atoms with Crippen molar-refractivity contribution in [1.29, 1.82) is 0 Å². The summed E-state index contributed by atoms with van der Waals surface area (Å²) in [4.78, 5) is 15.1. The summed E-state index contributed by atoms with van der Waals surface area (Å²) >= 11 is 0. The topological polar surface area (TPSA) is 76.2 Å². The molecule has 0 radical (unpaired) electrons. The molecule has 0 amide bonds. The minimum atomic E-state index is -0.780. The molecule has 1 heterocycles. The van der Waals surface area contributed by atoms with Crippen molar-refractivity contribution in [3.63, 3.8) is 0 Å². The van der Waals surface area contributed by atoms with Crippen LogP contribution in [0.2, 0.25) is 0 Å². The van der Waals surface area contributed by atoms with E-state index in [0.717, 1.165) is 18.7 Å². The number of carboxylic acid groups (broad SMARTS) is 1. The molecule has 1 unspecified atom stereocenters. The van der Waals surface area contributed by atoms with Gasteiger partial charge in [0.1, 0.15) is 0 Å². The zero-order valence-electron chi connectivity index (χ0n) is 12.2. The maximum absolute atomic E-state index is 10.7. The van der Waals surface area contributed by atoms with Gasteiger partial charge in [-0.05, 0) is 18.8 Å². The van der Waals surface area contributed by atoms with Gasteiger partial charge in [0.05, 0.1) is 0 Å². The van der Waals surface area contributed by atoms with E-state index < -0.39 is 5.97 Å². The lowest BCUT2D eigenvalue weighted by atomic mass is 9.91. The first-order chi connectivity index (χ1) is 9.65. The first-order valence-electron chi connectivity index (χ1n) is 7.69. The molecule has 5 nitrogen and oxygen atoms in total. The molecule has 20 heavy (non-hydrogen) atoms. The van der Waals surface area contributed by atoms with Gasteiger partial charge < -0.3 is 9.63 Å². The number of aliphatic carboxylic acids is 1. The zero-order valence-corrected chi connectivity index (χ0v) is 12.2. The van der Waals surface area contributed by atoms with Crippen molar-refractivity contribution >= 4 is 5.97 Å². The van der Waals surface area contributed by atoms with Crippen LogP contribution in [0.3, 0.4) is 0 Å². The minimum Gasteiger partial charge on any atom is -0.481 e. The Balaban J connectivity index is 1.91. The smallest absolute Gasteiger partial charge is 0.303 e. The minimum absolute atomic E-state index is 0.0260. The summed E-state index contributed by atoms with van der Waals surface area (Å²) in [6.45, 7) is 1.90. The fourth-order valence-electron chi connectivity index (χ4n) is 2.90. The van der Waals surface area contributed by atoms with E-state index in [1.165, 1.54) is 32.1 Å². The number of carboxylic acids is 1. The van der Waals surface area contributed by atoms with Gasteiger partial charge in [0.2, 0.25) is 5.89 Å². The van der Waals surface area contributed by atoms with E-state index in [-0.39, 0.29) is 12.3 Å². The number of hydrogen-bond donors (Lipinski definition) is 1. The average molecular weight is 280 g/mol. The molecule has 5 heteroatoms. The van der Waals surface area contributed by atoms with Gasteiger partial charge in [-0.25, -0.2) is 0 Å². The van der Waals surface area contributed by atoms with Crippen molar-refractivity contribution in [1.82, 2.24) is 10.1 Å². The molecule has 1 atom stereocenters. The predicted octanol–water partition coefficient (Wildman–Crippen LogP) is 3.55. The maximum Gasteiger partial charge on any atom is 0.303 e. The number of nitrogens with zero attached hydrogens (tertiary/aromatic N) is 2. The van der Waals surface area contributed by atoms with Crippen molar-refractivity contribution in [2.45, 2.75) is 70.6 Å². The Bertz CT molecular complexity index is 423. The predicted molar refractivity (Wildman–Crippen MR) is 74.5 cm³/mol. The Labute approximate surface area is 119 Å². The van der Waals surface area contributed by atoms with Crippen molar-refractivity contribution in [2.75, 3.05) is 0 Å². The lowest BCUT2D eigenvalue weighted by Crippen LogP contribution is -2.08. The third-order valence-corrected chi connectivity index (χ3v) is 4.00. The Morgan fingerprint density at radius 3 is 2.60 bits per heavy atom. The molecule has 1 N–H and O–H groups in total. The number of rotatable bonds is 5. The second-order valence-electron chi connectivity index (χ2n) is 6.00. The summed E-state index contributed by atoms with van der Waals surface area (Å²) in [6, 6.07) is 0. The van der Waals surface area contributed by atoms with Crippen molar-refractivity contribution in [3.05, 3.63) is 11.7 Å². The van der Waals surface area contributed by atoms with Crippen LogP contribution in [0.25, 0.3) is 0 Å². The van der Waals surface area contributed by atoms with E-state index in [4.69, 9.17) is 9.63 Å². The Kier molecular flexibility index (Phi) is 5.56. The summed E-state index contributed by atoms with van der Waals surface area (Å²) in [5.74, 6) is 1.07. The van der Waals surface area contributed by atoms with Crippen LogP contribution in [0.5, 0.6) is 0 Å². The highest BCUT2D eigenvalue weighted by Gasteiger charge is 2.20. The Hall–Kier alpha value is -1.39. The van der Waals surface area contributed by atoms with E-state index in [1.807, 2.05) is 6.92 Å². The lowest BCUT2D eigenvalue weighted by molar-refractivity contribution is -0.137. The highest BCUT2D eigenvalue weighted by Crippen LogP contribution is 2.29. The van der Waals surface area contributed by atoms with E-state index >= 15 is 0 Å². The number of hydrogen-bond acceptors (Lipinski definition) is 4. The number of aromatic nitrogens is 2. The van der Waals surface area contributed by atoms with Gasteiger partial charge in [0.25, 0.3) is 0 Å². The summed E-state index contributed by atoms with van der Waals surface area (Å²) < 4.78 is 5.29. The second kappa shape index (κ2) is 7.41. The van der Waals surface area contributed by atoms with Gasteiger partial charge in [0, 0.05) is 18.8 Å². The van der Waals surface area contributed by atoms with Gasteiger partial charge in [-0.15, -0.1) is 0 Å². The van der Waals surface area contributed by atoms with E-state index in [1.54, 1.807) is 0 Å². The standard InChI is InChI=1S/C15H24N2O3/c1-11(10-14(18)19)9-13-16-15(17-20-13)12-7-5-3-2-4-6-8-12/h11-12H,2-10H2,1H3,(H,18,19). The van der Waals surface area contributed by atoms with Crippen LogP contribution < -0.4 is 0 Å². The van der Waals surface area contributed by atoms with Crippen LogP contribution >= 0.6 is 0 Å². The van der Waals surface area contributed by atoms with Crippen LogP contribution in [-0.2, 0) is 11.2 Å². The van der Waals surface area contributed by atoms with Gasteiger partial charge >= 0.3 is 5.97 Å². The summed E-state index contributed by atoms with van der Waals surface area (Å²) in [6.07, 6.45) is 9.40. The normalized spacial score (nSPS) is 19.2. The molecule has 1 saturated carbocycles.